The van der Waals surface area contributed by atoms with Crippen molar-refractivity contribution in [2.75, 3.05) is 6.61 Å². The zero-order chi connectivity index (χ0) is 8.55. The number of nitrogens with zero attached hydrogens (tertiary/aromatic N) is 1. The van der Waals surface area contributed by atoms with Crippen LogP contribution in [0.4, 0.5) is 0 Å². The van der Waals surface area contributed by atoms with E-state index in [1.807, 2.05) is 6.08 Å². The maximum atomic E-state index is 8.89. The summed E-state index contributed by atoms with van der Waals surface area (Å²) in [5, 5.41) is 9.60. The van der Waals surface area contributed by atoms with Gasteiger partial charge < -0.3 is 5.11 Å². The van der Waals surface area contributed by atoms with Crippen molar-refractivity contribution in [2.24, 2.45) is 0 Å². The molecule has 62 valence electrons. The molecular formula is C9H8ClNO. The highest BCUT2D eigenvalue weighted by Crippen LogP contribution is 2.28. The molecule has 1 N–H and O–H groups in total. The Morgan fingerprint density at radius 1 is 1.58 bits per heavy atom. The van der Waals surface area contributed by atoms with Crippen LogP contribution < -0.4 is 0 Å². The average Bonchev–Trinajstić information content (AvgIpc) is 2.49. The third-order valence-electron chi connectivity index (χ3n) is 1.97. The third kappa shape index (κ3) is 1.13. The predicted octanol–water partition coefficient (Wildman–Crippen LogP) is 1.67. The zero-order valence-corrected chi connectivity index (χ0v) is 7.17. The topological polar surface area (TPSA) is 33.1 Å². The molecular weight excluding hydrogens is 174 g/mol. The van der Waals surface area contributed by atoms with Crippen molar-refractivity contribution in [2.45, 2.75) is 6.42 Å². The van der Waals surface area contributed by atoms with Crippen LogP contribution in [-0.4, -0.2) is 16.7 Å². The van der Waals surface area contributed by atoms with Crippen LogP contribution in [0.5, 0.6) is 0 Å². The summed E-state index contributed by atoms with van der Waals surface area (Å²) in [4.78, 5) is 4.17. The van der Waals surface area contributed by atoms with Gasteiger partial charge in [-0.2, -0.15) is 0 Å². The van der Waals surface area contributed by atoms with Gasteiger partial charge in [0.25, 0.3) is 0 Å². The quantitative estimate of drug-likeness (QED) is 0.715. The van der Waals surface area contributed by atoms with Crippen molar-refractivity contribution < 1.29 is 5.11 Å². The van der Waals surface area contributed by atoms with Gasteiger partial charge in [0.15, 0.2) is 0 Å². The molecule has 1 aromatic heterocycles. The summed E-state index contributed by atoms with van der Waals surface area (Å²) < 4.78 is 0. The Bertz CT molecular complexity index is 346. The van der Waals surface area contributed by atoms with E-state index in [0.717, 1.165) is 23.3 Å². The Labute approximate surface area is 75.5 Å². The minimum absolute atomic E-state index is 0.0900. The predicted molar refractivity (Wildman–Crippen MR) is 48.0 cm³/mol. The van der Waals surface area contributed by atoms with Crippen molar-refractivity contribution in [3.8, 4) is 0 Å². The largest absolute Gasteiger partial charge is 0.392 e. The molecule has 0 radical (unpaired) electrons. The average molecular weight is 182 g/mol. The van der Waals surface area contributed by atoms with Gasteiger partial charge in [-0.05, 0) is 17.7 Å². The number of halogens is 1. The first kappa shape index (κ1) is 7.77. The Balaban J connectivity index is 2.48. The lowest BCUT2D eigenvalue weighted by molar-refractivity contribution is 0.330. The summed E-state index contributed by atoms with van der Waals surface area (Å²) in [7, 11) is 0. The summed E-state index contributed by atoms with van der Waals surface area (Å²) in [5.74, 6) is 0. The molecule has 2 rings (SSSR count). The van der Waals surface area contributed by atoms with Crippen LogP contribution >= 0.6 is 11.6 Å². The summed E-state index contributed by atoms with van der Waals surface area (Å²) in [6.07, 6.45) is 4.33. The molecule has 0 aliphatic heterocycles. The van der Waals surface area contributed by atoms with Crippen LogP contribution in [-0.2, 0) is 6.42 Å². The summed E-state index contributed by atoms with van der Waals surface area (Å²) >= 11 is 5.93. The van der Waals surface area contributed by atoms with Crippen molar-refractivity contribution >= 4 is 17.7 Å². The number of pyridine rings is 1. The van der Waals surface area contributed by atoms with Gasteiger partial charge in [0.1, 0.15) is 0 Å². The number of hydrogen-bond acceptors (Lipinski definition) is 2. The Morgan fingerprint density at radius 2 is 2.42 bits per heavy atom. The van der Waals surface area contributed by atoms with Gasteiger partial charge in [-0.3, -0.25) is 4.98 Å². The van der Waals surface area contributed by atoms with Crippen LogP contribution in [0.2, 0.25) is 5.02 Å². The van der Waals surface area contributed by atoms with Gasteiger partial charge in [0, 0.05) is 18.2 Å². The van der Waals surface area contributed by atoms with Gasteiger partial charge in [0.2, 0.25) is 0 Å². The van der Waals surface area contributed by atoms with Gasteiger partial charge in [-0.1, -0.05) is 11.6 Å². The second kappa shape index (κ2) is 2.88. The minimum atomic E-state index is 0.0900. The fourth-order valence-corrected chi connectivity index (χ4v) is 1.57. The van der Waals surface area contributed by atoms with Gasteiger partial charge in [-0.15, -0.1) is 0 Å². The first-order valence-corrected chi connectivity index (χ1v) is 4.12. The van der Waals surface area contributed by atoms with E-state index < -0.39 is 0 Å². The maximum Gasteiger partial charge on any atom is 0.0648 e. The van der Waals surface area contributed by atoms with Crippen LogP contribution in [0.15, 0.2) is 17.8 Å². The molecule has 2 nitrogen and oxygen atoms in total. The van der Waals surface area contributed by atoms with Gasteiger partial charge in [0.05, 0.1) is 17.3 Å². The van der Waals surface area contributed by atoms with Crippen LogP contribution in [0.3, 0.4) is 0 Å². The van der Waals surface area contributed by atoms with Crippen molar-refractivity contribution in [1.29, 1.82) is 0 Å². The highest BCUT2D eigenvalue weighted by molar-refractivity contribution is 6.32. The summed E-state index contributed by atoms with van der Waals surface area (Å²) in [6.45, 7) is 0.0900. The lowest BCUT2D eigenvalue weighted by Gasteiger charge is -1.97. The molecule has 0 aromatic carbocycles. The number of aliphatic hydroxyl groups is 1. The molecule has 0 atom stereocenters. The second-order valence-electron chi connectivity index (χ2n) is 2.79. The normalized spacial score (nSPS) is 14.3. The monoisotopic (exact) mass is 181 g/mol. The molecule has 0 amide bonds. The molecule has 0 saturated carbocycles. The minimum Gasteiger partial charge on any atom is -0.392 e. The number of aliphatic hydroxyl groups excluding tert-OH is 1. The molecule has 0 saturated heterocycles. The van der Waals surface area contributed by atoms with E-state index in [0.29, 0.717) is 5.02 Å². The fraction of sp³-hybridized carbons (Fsp3) is 0.222. The van der Waals surface area contributed by atoms with E-state index in [9.17, 15) is 0 Å². The number of hydrogen-bond donors (Lipinski definition) is 1. The number of fused-ring (bicyclic) bond motifs is 1. The van der Waals surface area contributed by atoms with Crippen LogP contribution in [0.1, 0.15) is 11.3 Å². The van der Waals surface area contributed by atoms with Gasteiger partial charge in [-0.25, -0.2) is 0 Å². The van der Waals surface area contributed by atoms with E-state index in [2.05, 4.69) is 4.98 Å². The van der Waals surface area contributed by atoms with Gasteiger partial charge >= 0.3 is 0 Å². The lowest BCUT2D eigenvalue weighted by Crippen LogP contribution is -1.91. The molecule has 0 unspecified atom stereocenters. The SMILES string of the molecule is OCC1=Cc2c(Cl)ccnc2C1. The molecule has 1 aliphatic carbocycles. The van der Waals surface area contributed by atoms with Crippen molar-refractivity contribution in [1.82, 2.24) is 4.98 Å². The maximum absolute atomic E-state index is 8.89. The molecule has 0 spiro atoms. The second-order valence-corrected chi connectivity index (χ2v) is 3.20. The number of aromatic nitrogens is 1. The standard InChI is InChI=1S/C9H8ClNO/c10-8-1-2-11-9-4-6(5-12)3-7(8)9/h1-3,12H,4-5H2. The highest BCUT2D eigenvalue weighted by atomic mass is 35.5. The fourth-order valence-electron chi connectivity index (χ4n) is 1.35. The molecule has 1 heterocycles. The first-order chi connectivity index (χ1) is 5.81. The Morgan fingerprint density at radius 3 is 3.08 bits per heavy atom. The van der Waals surface area contributed by atoms with E-state index in [1.165, 1.54) is 0 Å². The highest BCUT2D eigenvalue weighted by Gasteiger charge is 2.14. The van der Waals surface area contributed by atoms with E-state index >= 15 is 0 Å². The number of rotatable bonds is 1. The van der Waals surface area contributed by atoms with Crippen molar-refractivity contribution in [3.63, 3.8) is 0 Å². The van der Waals surface area contributed by atoms with E-state index in [4.69, 9.17) is 16.7 Å². The Kier molecular flexibility index (Phi) is 1.87. The lowest BCUT2D eigenvalue weighted by atomic mass is 10.2. The molecule has 0 fully saturated rings. The summed E-state index contributed by atoms with van der Waals surface area (Å²) in [6, 6.07) is 1.76. The third-order valence-corrected chi connectivity index (χ3v) is 2.30. The zero-order valence-electron chi connectivity index (χ0n) is 6.42. The summed E-state index contributed by atoms with van der Waals surface area (Å²) in [5.41, 5.74) is 2.90. The smallest absolute Gasteiger partial charge is 0.0648 e. The first-order valence-electron chi connectivity index (χ1n) is 3.75. The molecule has 1 aliphatic rings. The molecule has 3 heteroatoms. The molecule has 12 heavy (non-hydrogen) atoms. The molecule has 0 bridgehead atoms. The van der Waals surface area contributed by atoms with Crippen LogP contribution in [0.25, 0.3) is 6.08 Å². The van der Waals surface area contributed by atoms with E-state index in [1.54, 1.807) is 12.3 Å². The molecule has 1 aromatic rings. The van der Waals surface area contributed by atoms with Crippen molar-refractivity contribution in [3.05, 3.63) is 34.1 Å². The van der Waals surface area contributed by atoms with E-state index in [-0.39, 0.29) is 6.61 Å². The van der Waals surface area contributed by atoms with Crippen LogP contribution in [0, 0.1) is 0 Å². The Hall–Kier alpha value is -0.860.